The smallest absolute Gasteiger partial charge is 0.331 e. The molecule has 8 atom stereocenters. The zero-order valence-corrected chi connectivity index (χ0v) is 25.0. The van der Waals surface area contributed by atoms with Crippen LogP contribution < -0.4 is 0 Å². The molecule has 11 nitrogen and oxygen atoms in total. The van der Waals surface area contributed by atoms with E-state index in [0.717, 1.165) is 6.92 Å². The molecule has 0 unspecified atom stereocenters. The number of furan rings is 1. The second-order valence-corrected chi connectivity index (χ2v) is 13.3. The Labute approximate surface area is 243 Å². The molecule has 1 aromatic rings. The predicted octanol–water partition coefficient (Wildman–Crippen LogP) is 3.38. The fourth-order valence-electron chi connectivity index (χ4n) is 9.13. The van der Waals surface area contributed by atoms with Gasteiger partial charge in [0.1, 0.15) is 6.10 Å². The Hall–Kier alpha value is -3.47. The number of ketones is 1. The third kappa shape index (κ3) is 3.92. The van der Waals surface area contributed by atoms with Gasteiger partial charge < -0.3 is 28.5 Å². The molecule has 5 rings (SSSR count). The Morgan fingerprint density at radius 1 is 1.10 bits per heavy atom. The summed E-state index contributed by atoms with van der Waals surface area (Å²) in [7, 11) is 1.24. The predicted molar refractivity (Wildman–Crippen MR) is 143 cm³/mol. The zero-order chi connectivity index (χ0) is 31.0. The van der Waals surface area contributed by atoms with Gasteiger partial charge in [-0.15, -0.1) is 0 Å². The number of hydrogen-bond donors (Lipinski definition) is 1. The molecule has 1 aromatic heterocycles. The molecule has 0 radical (unpaired) electrons. The van der Waals surface area contributed by atoms with E-state index in [0.29, 0.717) is 24.0 Å². The lowest BCUT2D eigenvalue weighted by Gasteiger charge is -2.70. The third-order valence-electron chi connectivity index (χ3n) is 10.6. The summed E-state index contributed by atoms with van der Waals surface area (Å²) >= 11 is 0. The van der Waals surface area contributed by atoms with Gasteiger partial charge in [0, 0.05) is 60.5 Å². The van der Waals surface area contributed by atoms with E-state index < -0.39 is 87.6 Å². The number of carbonyl (C=O) groups excluding carboxylic acids is 5. The molecule has 3 fully saturated rings. The summed E-state index contributed by atoms with van der Waals surface area (Å²) in [6.07, 6.45) is 2.14. The SMILES string of the molecule is COC(=O)C[C@H]1C(C)(C)[C@H](OC(C)=O)[C@@]2(OC(C)=O)C[C@]3(O)C4=CC(=O)O[C@@H](c5ccoc5)[C@]4(C)CC[C@@H]3[C@]1(C)C2=O. The molecule has 2 bridgehead atoms. The maximum Gasteiger partial charge on any atom is 0.331 e. The van der Waals surface area contributed by atoms with Gasteiger partial charge in [-0.3, -0.25) is 19.2 Å². The molecule has 4 aliphatic rings. The number of esters is 4. The number of Topliss-reactive ketones (excluding diaryl/α,β-unsaturated/α-hetero) is 1. The van der Waals surface area contributed by atoms with Crippen LogP contribution in [-0.4, -0.2) is 59.2 Å². The number of hydrogen-bond acceptors (Lipinski definition) is 11. The summed E-state index contributed by atoms with van der Waals surface area (Å²) in [6, 6.07) is 1.69. The number of cyclic esters (lactones) is 1. The number of fused-ring (bicyclic) bond motifs is 6. The van der Waals surface area contributed by atoms with Gasteiger partial charge >= 0.3 is 23.9 Å². The van der Waals surface area contributed by atoms with Gasteiger partial charge in [-0.1, -0.05) is 27.7 Å². The van der Waals surface area contributed by atoms with Crippen molar-refractivity contribution in [3.8, 4) is 0 Å². The van der Waals surface area contributed by atoms with Crippen LogP contribution in [0.5, 0.6) is 0 Å². The van der Waals surface area contributed by atoms with Crippen LogP contribution in [0.3, 0.4) is 0 Å². The standard InChI is InChI=1S/C31H38O11/c1-16(32)40-26-27(3,4)20(12-22(34)38-7)29(6)19-8-10-28(5)21(13-23(35)41-24(28)18-9-11-39-14-18)30(19,37)15-31(26,25(29)36)42-17(2)33/h9,11,13-14,19-20,24,26,37H,8,10,12,15H2,1-7H3/t19-,20+,24+,26+,28-,29+,30-,31-/m1/s1. The van der Waals surface area contributed by atoms with Gasteiger partial charge in [0.2, 0.25) is 5.60 Å². The van der Waals surface area contributed by atoms with Crippen molar-refractivity contribution >= 4 is 29.7 Å². The summed E-state index contributed by atoms with van der Waals surface area (Å²) in [6.45, 7) is 9.41. The van der Waals surface area contributed by atoms with Crippen LogP contribution >= 0.6 is 0 Å². The lowest BCUT2D eigenvalue weighted by Crippen LogP contribution is -2.80. The lowest BCUT2D eigenvalue weighted by atomic mass is 9.36. The van der Waals surface area contributed by atoms with Crippen molar-refractivity contribution in [1.29, 1.82) is 0 Å². The van der Waals surface area contributed by atoms with Crippen LogP contribution in [0.25, 0.3) is 0 Å². The second-order valence-electron chi connectivity index (χ2n) is 13.3. The maximum absolute atomic E-state index is 14.8. The van der Waals surface area contributed by atoms with Gasteiger partial charge in [-0.25, -0.2) is 4.79 Å². The highest BCUT2D eigenvalue weighted by atomic mass is 16.6. The van der Waals surface area contributed by atoms with Crippen LogP contribution in [0.1, 0.15) is 78.9 Å². The van der Waals surface area contributed by atoms with Crippen molar-refractivity contribution in [1.82, 2.24) is 0 Å². The van der Waals surface area contributed by atoms with Crippen molar-refractivity contribution in [2.24, 2.45) is 28.1 Å². The molecule has 0 saturated heterocycles. The van der Waals surface area contributed by atoms with E-state index >= 15 is 0 Å². The Balaban J connectivity index is 1.79. The average Bonchev–Trinajstić information content (AvgIpc) is 3.42. The maximum atomic E-state index is 14.8. The van der Waals surface area contributed by atoms with Crippen molar-refractivity contribution in [2.45, 2.75) is 90.6 Å². The van der Waals surface area contributed by atoms with E-state index in [4.69, 9.17) is 23.4 Å². The fraction of sp³-hybridized carbons (Fsp3) is 0.645. The van der Waals surface area contributed by atoms with Gasteiger partial charge in [-0.2, -0.15) is 0 Å². The van der Waals surface area contributed by atoms with E-state index in [-0.39, 0.29) is 6.42 Å². The average molecular weight is 587 g/mol. The molecule has 0 amide bonds. The van der Waals surface area contributed by atoms with Gasteiger partial charge in [0.05, 0.1) is 25.2 Å². The molecule has 3 saturated carbocycles. The second kappa shape index (κ2) is 9.52. The molecule has 2 heterocycles. The van der Waals surface area contributed by atoms with Crippen molar-refractivity contribution in [2.75, 3.05) is 7.11 Å². The Kier molecular flexibility index (Phi) is 6.80. The highest BCUT2D eigenvalue weighted by Gasteiger charge is 2.80. The molecule has 3 aliphatic carbocycles. The zero-order valence-electron chi connectivity index (χ0n) is 25.0. The van der Waals surface area contributed by atoms with Crippen LogP contribution in [0.15, 0.2) is 34.7 Å². The van der Waals surface area contributed by atoms with Crippen LogP contribution in [-0.2, 0) is 42.9 Å². The third-order valence-corrected chi connectivity index (χ3v) is 10.6. The summed E-state index contributed by atoms with van der Waals surface area (Å²) in [5, 5.41) is 13.0. The first kappa shape index (κ1) is 30.0. The van der Waals surface area contributed by atoms with Crippen molar-refractivity contribution < 1.29 is 52.4 Å². The Morgan fingerprint density at radius 2 is 1.79 bits per heavy atom. The first-order valence-electron chi connectivity index (χ1n) is 14.1. The first-order valence-corrected chi connectivity index (χ1v) is 14.1. The van der Waals surface area contributed by atoms with Crippen LogP contribution in [0.2, 0.25) is 0 Å². The van der Waals surface area contributed by atoms with Crippen LogP contribution in [0, 0.1) is 28.1 Å². The van der Waals surface area contributed by atoms with E-state index in [1.807, 2.05) is 6.92 Å². The topological polar surface area (TPSA) is 156 Å². The monoisotopic (exact) mass is 586 g/mol. The Bertz CT molecular complexity index is 1370. The van der Waals surface area contributed by atoms with Gasteiger partial charge in [-0.05, 0) is 30.4 Å². The highest BCUT2D eigenvalue weighted by Crippen LogP contribution is 2.71. The minimum Gasteiger partial charge on any atom is -0.472 e. The first-order chi connectivity index (χ1) is 19.5. The summed E-state index contributed by atoms with van der Waals surface area (Å²) < 4.78 is 27.8. The van der Waals surface area contributed by atoms with Crippen molar-refractivity contribution in [3.63, 3.8) is 0 Å². The molecular formula is C31H38O11. The molecular weight excluding hydrogens is 548 g/mol. The van der Waals surface area contributed by atoms with E-state index in [1.54, 1.807) is 26.8 Å². The molecule has 0 spiro atoms. The number of rotatable bonds is 5. The molecule has 0 aromatic carbocycles. The lowest BCUT2D eigenvalue weighted by molar-refractivity contribution is -0.278. The number of ether oxygens (including phenoxy) is 4. The summed E-state index contributed by atoms with van der Waals surface area (Å²) in [5.41, 5.74) is -6.55. The minimum absolute atomic E-state index is 0.220. The van der Waals surface area contributed by atoms with E-state index in [1.165, 1.54) is 32.6 Å². The van der Waals surface area contributed by atoms with Crippen LogP contribution in [0.4, 0.5) is 0 Å². The fourth-order valence-corrected chi connectivity index (χ4v) is 9.13. The minimum atomic E-state index is -2.11. The van der Waals surface area contributed by atoms with Crippen molar-refractivity contribution in [3.05, 3.63) is 35.8 Å². The molecule has 1 aliphatic heterocycles. The number of carbonyl (C=O) groups is 5. The molecule has 1 N–H and O–H groups in total. The van der Waals surface area contributed by atoms with Gasteiger partial charge in [0.15, 0.2) is 11.9 Å². The van der Waals surface area contributed by atoms with E-state index in [2.05, 4.69) is 0 Å². The normalized spacial score (nSPS) is 40.0. The largest absolute Gasteiger partial charge is 0.472 e. The number of aliphatic hydroxyl groups is 1. The molecule has 11 heteroatoms. The summed E-state index contributed by atoms with van der Waals surface area (Å²) in [4.78, 5) is 66.0. The Morgan fingerprint density at radius 3 is 2.36 bits per heavy atom. The molecule has 42 heavy (non-hydrogen) atoms. The van der Waals surface area contributed by atoms with Gasteiger partial charge in [0.25, 0.3) is 0 Å². The quantitative estimate of drug-likeness (QED) is 0.399. The number of methoxy groups -OCH3 is 1. The molecule has 228 valence electrons. The van der Waals surface area contributed by atoms with E-state index in [9.17, 15) is 29.1 Å². The highest BCUT2D eigenvalue weighted by molar-refractivity contribution is 5.99. The summed E-state index contributed by atoms with van der Waals surface area (Å²) in [5.74, 6) is -4.93.